The maximum absolute atomic E-state index is 13.1. The number of nitrogens with zero attached hydrogens (tertiary/aromatic N) is 3. The maximum Gasteiger partial charge on any atom is 0.277 e. The Morgan fingerprint density at radius 3 is 2.22 bits per heavy atom. The number of benzene rings is 3. The second kappa shape index (κ2) is 11.0. The van der Waals surface area contributed by atoms with Crippen molar-refractivity contribution < 1.29 is 9.21 Å². The number of halogens is 1. The summed E-state index contributed by atoms with van der Waals surface area (Å²) >= 11 is 7.18. The fourth-order valence-corrected chi connectivity index (χ4v) is 3.99. The number of thioether (sulfide) groups is 1. The molecule has 0 aliphatic heterocycles. The van der Waals surface area contributed by atoms with Crippen LogP contribution in [0.3, 0.4) is 0 Å². The number of carbonyl (C=O) groups is 1. The van der Waals surface area contributed by atoms with Crippen LogP contribution in [-0.4, -0.2) is 33.3 Å². The molecule has 0 N–H and O–H groups in total. The van der Waals surface area contributed by atoms with E-state index in [1.807, 2.05) is 65.6 Å². The summed E-state index contributed by atoms with van der Waals surface area (Å²) in [5, 5.41) is 9.15. The van der Waals surface area contributed by atoms with Gasteiger partial charge in [0.2, 0.25) is 11.8 Å². The van der Waals surface area contributed by atoms with Gasteiger partial charge in [-0.05, 0) is 41.8 Å². The number of hydrogen-bond acceptors (Lipinski definition) is 5. The third kappa shape index (κ3) is 6.22. The quantitative estimate of drug-likeness (QED) is 0.295. The standard InChI is InChI=1S/C25H22ClN3O2S/c26-22-13-11-21(12-14-22)24-27-28-25(31-24)32-18-23(30)29(17-20-9-5-2-6-10-20)16-15-19-7-3-1-4-8-19/h1-14H,15-18H2. The Morgan fingerprint density at radius 1 is 0.875 bits per heavy atom. The van der Waals surface area contributed by atoms with Crippen LogP contribution in [-0.2, 0) is 17.8 Å². The van der Waals surface area contributed by atoms with Crippen LogP contribution >= 0.6 is 23.4 Å². The first-order chi connectivity index (χ1) is 15.7. The molecular formula is C25H22ClN3O2S. The Balaban J connectivity index is 1.39. The first kappa shape index (κ1) is 22.1. The van der Waals surface area contributed by atoms with Crippen LogP contribution in [0.2, 0.25) is 5.02 Å². The molecule has 0 atom stereocenters. The van der Waals surface area contributed by atoms with Gasteiger partial charge in [-0.15, -0.1) is 10.2 Å². The van der Waals surface area contributed by atoms with Gasteiger partial charge < -0.3 is 9.32 Å². The number of aromatic nitrogens is 2. The molecule has 32 heavy (non-hydrogen) atoms. The van der Waals surface area contributed by atoms with Crippen LogP contribution in [0.4, 0.5) is 0 Å². The average Bonchev–Trinajstić information content (AvgIpc) is 3.31. The van der Waals surface area contributed by atoms with Crippen LogP contribution < -0.4 is 0 Å². The molecule has 1 aromatic heterocycles. The molecular weight excluding hydrogens is 442 g/mol. The highest BCUT2D eigenvalue weighted by atomic mass is 35.5. The first-order valence-electron chi connectivity index (χ1n) is 10.3. The molecule has 0 aliphatic rings. The van der Waals surface area contributed by atoms with Crippen molar-refractivity contribution in [2.75, 3.05) is 12.3 Å². The van der Waals surface area contributed by atoms with E-state index in [0.29, 0.717) is 29.2 Å². The Kier molecular flexibility index (Phi) is 7.59. The maximum atomic E-state index is 13.1. The summed E-state index contributed by atoms with van der Waals surface area (Å²) < 4.78 is 5.71. The van der Waals surface area contributed by atoms with Crippen LogP contribution in [0.1, 0.15) is 11.1 Å². The van der Waals surface area contributed by atoms with E-state index < -0.39 is 0 Å². The lowest BCUT2D eigenvalue weighted by Gasteiger charge is -2.22. The van der Waals surface area contributed by atoms with Gasteiger partial charge in [-0.2, -0.15) is 0 Å². The zero-order valence-electron chi connectivity index (χ0n) is 17.4. The lowest BCUT2D eigenvalue weighted by atomic mass is 10.1. The molecule has 1 heterocycles. The largest absolute Gasteiger partial charge is 0.411 e. The highest BCUT2D eigenvalue weighted by Crippen LogP contribution is 2.24. The van der Waals surface area contributed by atoms with Gasteiger partial charge in [0, 0.05) is 23.7 Å². The molecule has 0 unspecified atom stereocenters. The minimum Gasteiger partial charge on any atom is -0.411 e. The molecule has 0 saturated carbocycles. The van der Waals surface area contributed by atoms with E-state index in [1.165, 1.54) is 17.3 Å². The second-order valence-corrected chi connectivity index (χ2v) is 8.57. The average molecular weight is 464 g/mol. The molecule has 0 aliphatic carbocycles. The van der Waals surface area contributed by atoms with E-state index in [2.05, 4.69) is 22.3 Å². The van der Waals surface area contributed by atoms with Crippen LogP contribution in [0.25, 0.3) is 11.5 Å². The van der Waals surface area contributed by atoms with Gasteiger partial charge in [-0.25, -0.2) is 0 Å². The van der Waals surface area contributed by atoms with Gasteiger partial charge in [0.05, 0.1) is 5.75 Å². The van der Waals surface area contributed by atoms with Crippen molar-refractivity contribution in [3.63, 3.8) is 0 Å². The normalized spacial score (nSPS) is 10.8. The van der Waals surface area contributed by atoms with Gasteiger partial charge in [-0.3, -0.25) is 4.79 Å². The van der Waals surface area contributed by atoms with Crippen molar-refractivity contribution in [2.24, 2.45) is 0 Å². The first-order valence-corrected chi connectivity index (χ1v) is 11.6. The molecule has 0 spiro atoms. The van der Waals surface area contributed by atoms with Crippen molar-refractivity contribution in [1.29, 1.82) is 0 Å². The molecule has 5 nitrogen and oxygen atoms in total. The Hall–Kier alpha value is -3.09. The number of carbonyl (C=O) groups excluding carboxylic acids is 1. The summed E-state index contributed by atoms with van der Waals surface area (Å²) in [7, 11) is 0. The SMILES string of the molecule is O=C(CSc1nnc(-c2ccc(Cl)cc2)o1)N(CCc1ccccc1)Cc1ccccc1. The van der Waals surface area contributed by atoms with Gasteiger partial charge in [0.25, 0.3) is 5.22 Å². The van der Waals surface area contributed by atoms with Crippen LogP contribution in [0.15, 0.2) is 94.6 Å². The van der Waals surface area contributed by atoms with Crippen LogP contribution in [0, 0.1) is 0 Å². The molecule has 0 saturated heterocycles. The molecule has 1 amide bonds. The monoisotopic (exact) mass is 463 g/mol. The number of amides is 1. The molecule has 162 valence electrons. The minimum absolute atomic E-state index is 0.0287. The summed E-state index contributed by atoms with van der Waals surface area (Å²) in [4.78, 5) is 14.9. The lowest BCUT2D eigenvalue weighted by Crippen LogP contribution is -2.33. The van der Waals surface area contributed by atoms with Crippen molar-refractivity contribution >= 4 is 29.3 Å². The summed E-state index contributed by atoms with van der Waals surface area (Å²) in [5.41, 5.74) is 3.09. The predicted molar refractivity (Wildman–Crippen MR) is 127 cm³/mol. The van der Waals surface area contributed by atoms with Crippen molar-refractivity contribution in [1.82, 2.24) is 15.1 Å². The summed E-state index contributed by atoms with van der Waals surface area (Å²) in [6.07, 6.45) is 0.797. The molecule has 0 radical (unpaired) electrons. The van der Waals surface area contributed by atoms with E-state index in [4.69, 9.17) is 16.0 Å². The van der Waals surface area contributed by atoms with E-state index in [-0.39, 0.29) is 11.7 Å². The smallest absolute Gasteiger partial charge is 0.277 e. The Morgan fingerprint density at radius 2 is 1.53 bits per heavy atom. The second-order valence-electron chi connectivity index (χ2n) is 7.21. The summed E-state index contributed by atoms with van der Waals surface area (Å²) in [6, 6.07) is 27.4. The summed E-state index contributed by atoms with van der Waals surface area (Å²) in [5.74, 6) is 0.659. The van der Waals surface area contributed by atoms with Gasteiger partial charge in [0.1, 0.15) is 0 Å². The van der Waals surface area contributed by atoms with E-state index >= 15 is 0 Å². The molecule has 0 bridgehead atoms. The van der Waals surface area contributed by atoms with Gasteiger partial charge >= 0.3 is 0 Å². The third-order valence-electron chi connectivity index (χ3n) is 4.90. The van der Waals surface area contributed by atoms with Crippen molar-refractivity contribution in [2.45, 2.75) is 18.2 Å². The zero-order chi connectivity index (χ0) is 22.2. The summed E-state index contributed by atoms with van der Waals surface area (Å²) in [6.45, 7) is 1.20. The van der Waals surface area contributed by atoms with Crippen molar-refractivity contribution in [3.8, 4) is 11.5 Å². The predicted octanol–water partition coefficient (Wildman–Crippen LogP) is 5.75. The highest BCUT2D eigenvalue weighted by Gasteiger charge is 2.17. The number of hydrogen-bond donors (Lipinski definition) is 0. The molecule has 4 aromatic rings. The Bertz CT molecular complexity index is 1130. The molecule has 7 heteroatoms. The molecule has 3 aromatic carbocycles. The fraction of sp³-hybridized carbons (Fsp3) is 0.160. The van der Waals surface area contributed by atoms with Crippen molar-refractivity contribution in [3.05, 3.63) is 101 Å². The van der Waals surface area contributed by atoms with E-state index in [0.717, 1.165) is 17.5 Å². The number of rotatable bonds is 9. The lowest BCUT2D eigenvalue weighted by molar-refractivity contribution is -0.128. The molecule has 4 rings (SSSR count). The van der Waals surface area contributed by atoms with E-state index in [1.54, 1.807) is 12.1 Å². The third-order valence-corrected chi connectivity index (χ3v) is 5.95. The topological polar surface area (TPSA) is 59.2 Å². The highest BCUT2D eigenvalue weighted by molar-refractivity contribution is 7.99. The van der Waals surface area contributed by atoms with E-state index in [9.17, 15) is 4.79 Å². The Labute approximate surface area is 196 Å². The van der Waals surface area contributed by atoms with Gasteiger partial charge in [0.15, 0.2) is 0 Å². The molecule has 0 fully saturated rings. The zero-order valence-corrected chi connectivity index (χ0v) is 18.9. The van der Waals surface area contributed by atoms with Gasteiger partial charge in [-0.1, -0.05) is 84.0 Å². The van der Waals surface area contributed by atoms with Crippen LogP contribution in [0.5, 0.6) is 0 Å². The minimum atomic E-state index is 0.0287. The fourth-order valence-electron chi connectivity index (χ4n) is 3.20.